The van der Waals surface area contributed by atoms with Crippen molar-refractivity contribution in [2.45, 2.75) is 25.8 Å². The number of carbonyl (C=O) groups is 2. The minimum atomic E-state index is -0.454. The number of nitrogens with zero attached hydrogens (tertiary/aromatic N) is 1. The van der Waals surface area contributed by atoms with E-state index in [1.165, 1.54) is 7.11 Å². The van der Waals surface area contributed by atoms with Gasteiger partial charge >= 0.3 is 5.97 Å². The highest BCUT2D eigenvalue weighted by Crippen LogP contribution is 2.26. The Morgan fingerprint density at radius 1 is 1.42 bits per heavy atom. The Morgan fingerprint density at radius 2 is 2.16 bits per heavy atom. The molecule has 0 N–H and O–H groups in total. The summed E-state index contributed by atoms with van der Waals surface area (Å²) in [6, 6.07) is 5.09. The summed E-state index contributed by atoms with van der Waals surface area (Å²) in [7, 11) is 1.35. The number of rotatable bonds is 2. The van der Waals surface area contributed by atoms with Crippen molar-refractivity contribution in [2.75, 3.05) is 13.7 Å². The predicted octanol–water partition coefficient (Wildman–Crippen LogP) is 2.54. The molecule has 0 saturated carbocycles. The molecular formula is C14H16BrNO3. The third kappa shape index (κ3) is 2.66. The van der Waals surface area contributed by atoms with Gasteiger partial charge in [-0.1, -0.05) is 12.1 Å². The van der Waals surface area contributed by atoms with E-state index < -0.39 is 6.04 Å². The first-order chi connectivity index (χ1) is 9.06. The Bertz CT molecular complexity index is 515. The summed E-state index contributed by atoms with van der Waals surface area (Å²) in [6.07, 6.45) is 1.50. The van der Waals surface area contributed by atoms with E-state index in [1.54, 1.807) is 11.0 Å². The number of hydrogen-bond donors (Lipinski definition) is 0. The normalized spacial score (nSPS) is 18.5. The van der Waals surface area contributed by atoms with Crippen LogP contribution >= 0.6 is 15.9 Å². The van der Waals surface area contributed by atoms with Gasteiger partial charge in [-0.15, -0.1) is 0 Å². The fourth-order valence-electron chi connectivity index (χ4n) is 2.36. The van der Waals surface area contributed by atoms with Crippen LogP contribution in [0.3, 0.4) is 0 Å². The first kappa shape index (κ1) is 14.1. The molecule has 1 aromatic rings. The van der Waals surface area contributed by atoms with E-state index in [-0.39, 0.29) is 11.9 Å². The number of benzene rings is 1. The van der Waals surface area contributed by atoms with E-state index in [9.17, 15) is 9.59 Å². The Kier molecular flexibility index (Phi) is 4.24. The van der Waals surface area contributed by atoms with Gasteiger partial charge in [-0.05, 0) is 47.3 Å². The topological polar surface area (TPSA) is 46.6 Å². The van der Waals surface area contributed by atoms with Gasteiger partial charge in [0.2, 0.25) is 0 Å². The zero-order chi connectivity index (χ0) is 14.0. The third-order valence-electron chi connectivity index (χ3n) is 3.41. The van der Waals surface area contributed by atoms with Gasteiger partial charge in [0.1, 0.15) is 6.04 Å². The average molecular weight is 326 g/mol. The van der Waals surface area contributed by atoms with Gasteiger partial charge in [0.15, 0.2) is 0 Å². The van der Waals surface area contributed by atoms with Crippen LogP contribution in [-0.4, -0.2) is 36.5 Å². The second kappa shape index (κ2) is 5.74. The lowest BCUT2D eigenvalue weighted by atomic mass is 10.1. The van der Waals surface area contributed by atoms with Crippen LogP contribution in [-0.2, 0) is 9.53 Å². The molecule has 1 amide bonds. The van der Waals surface area contributed by atoms with Crippen LogP contribution < -0.4 is 0 Å². The van der Waals surface area contributed by atoms with E-state index in [0.29, 0.717) is 18.5 Å². The molecule has 19 heavy (non-hydrogen) atoms. The minimum absolute atomic E-state index is 0.122. The van der Waals surface area contributed by atoms with E-state index in [4.69, 9.17) is 4.74 Å². The fourth-order valence-corrected chi connectivity index (χ4v) is 2.79. The van der Waals surface area contributed by atoms with Crippen LogP contribution in [0.5, 0.6) is 0 Å². The van der Waals surface area contributed by atoms with Gasteiger partial charge in [-0.2, -0.15) is 0 Å². The van der Waals surface area contributed by atoms with Gasteiger partial charge in [-0.3, -0.25) is 4.79 Å². The zero-order valence-corrected chi connectivity index (χ0v) is 12.6. The molecule has 0 bridgehead atoms. The molecular weight excluding hydrogens is 310 g/mol. The molecule has 4 nitrogen and oxygen atoms in total. The summed E-state index contributed by atoms with van der Waals surface area (Å²) in [6.45, 7) is 2.53. The summed E-state index contributed by atoms with van der Waals surface area (Å²) in [5, 5.41) is 0. The van der Waals surface area contributed by atoms with Gasteiger partial charge in [0.05, 0.1) is 12.7 Å². The van der Waals surface area contributed by atoms with Crippen molar-refractivity contribution >= 4 is 27.8 Å². The molecule has 1 aliphatic heterocycles. The highest BCUT2D eigenvalue weighted by Gasteiger charge is 2.35. The SMILES string of the molecule is COC(=O)C1CCCN1C(=O)c1cccc(C)c1Br. The maximum atomic E-state index is 12.5. The Hall–Kier alpha value is -1.36. The standard InChI is InChI=1S/C14H16BrNO3/c1-9-5-3-6-10(12(9)15)13(17)16-8-4-7-11(16)14(18)19-2/h3,5-6,11H,4,7-8H2,1-2H3. The Morgan fingerprint density at radius 3 is 2.84 bits per heavy atom. The second-order valence-electron chi connectivity index (χ2n) is 4.62. The van der Waals surface area contributed by atoms with Gasteiger partial charge in [0.25, 0.3) is 5.91 Å². The summed E-state index contributed by atoms with van der Waals surface area (Å²) in [4.78, 5) is 25.8. The average Bonchev–Trinajstić information content (AvgIpc) is 2.89. The summed E-state index contributed by atoms with van der Waals surface area (Å²) >= 11 is 3.44. The maximum absolute atomic E-state index is 12.5. The number of halogens is 1. The molecule has 0 radical (unpaired) electrons. The minimum Gasteiger partial charge on any atom is -0.467 e. The van der Waals surface area contributed by atoms with Crippen molar-refractivity contribution in [1.29, 1.82) is 0 Å². The molecule has 0 aromatic heterocycles. The molecule has 102 valence electrons. The molecule has 1 atom stereocenters. The number of likely N-dealkylation sites (tertiary alicyclic amines) is 1. The number of carbonyl (C=O) groups excluding carboxylic acids is 2. The van der Waals surface area contributed by atoms with Crippen molar-refractivity contribution in [1.82, 2.24) is 4.90 Å². The molecule has 2 rings (SSSR count). The van der Waals surface area contributed by atoms with Crippen molar-refractivity contribution in [3.05, 3.63) is 33.8 Å². The molecule has 5 heteroatoms. The first-order valence-electron chi connectivity index (χ1n) is 6.20. The monoisotopic (exact) mass is 325 g/mol. The molecule has 1 unspecified atom stereocenters. The second-order valence-corrected chi connectivity index (χ2v) is 5.41. The number of hydrogen-bond acceptors (Lipinski definition) is 3. The highest BCUT2D eigenvalue weighted by molar-refractivity contribution is 9.10. The van der Waals surface area contributed by atoms with Crippen LogP contribution in [0.2, 0.25) is 0 Å². The number of aryl methyl sites for hydroxylation is 1. The third-order valence-corrected chi connectivity index (χ3v) is 4.46. The van der Waals surface area contributed by atoms with E-state index in [1.807, 2.05) is 19.1 Å². The Balaban J connectivity index is 2.28. The lowest BCUT2D eigenvalue weighted by Gasteiger charge is -2.23. The number of amides is 1. The van der Waals surface area contributed by atoms with E-state index >= 15 is 0 Å². The van der Waals surface area contributed by atoms with Crippen molar-refractivity contribution in [3.8, 4) is 0 Å². The zero-order valence-electron chi connectivity index (χ0n) is 11.0. The quantitative estimate of drug-likeness (QED) is 0.785. The predicted molar refractivity (Wildman–Crippen MR) is 75.0 cm³/mol. The molecule has 1 heterocycles. The molecule has 1 aliphatic rings. The first-order valence-corrected chi connectivity index (χ1v) is 6.99. The number of esters is 1. The smallest absolute Gasteiger partial charge is 0.328 e. The van der Waals surface area contributed by atoms with E-state index in [2.05, 4.69) is 15.9 Å². The lowest BCUT2D eigenvalue weighted by molar-refractivity contribution is -0.145. The number of ether oxygens (including phenoxy) is 1. The number of methoxy groups -OCH3 is 1. The maximum Gasteiger partial charge on any atom is 0.328 e. The molecule has 1 saturated heterocycles. The van der Waals surface area contributed by atoms with Crippen molar-refractivity contribution < 1.29 is 14.3 Å². The van der Waals surface area contributed by atoms with Crippen LogP contribution in [0.4, 0.5) is 0 Å². The Labute approximate surface area is 120 Å². The summed E-state index contributed by atoms with van der Waals surface area (Å²) in [5.41, 5.74) is 1.59. The van der Waals surface area contributed by atoms with Crippen LogP contribution in [0.1, 0.15) is 28.8 Å². The molecule has 0 aliphatic carbocycles. The van der Waals surface area contributed by atoms with Gasteiger partial charge in [0, 0.05) is 11.0 Å². The largest absolute Gasteiger partial charge is 0.467 e. The highest BCUT2D eigenvalue weighted by atomic mass is 79.9. The molecule has 1 fully saturated rings. The lowest BCUT2D eigenvalue weighted by Crippen LogP contribution is -2.41. The van der Waals surface area contributed by atoms with Crippen LogP contribution in [0.15, 0.2) is 22.7 Å². The van der Waals surface area contributed by atoms with Gasteiger partial charge in [-0.25, -0.2) is 4.79 Å². The van der Waals surface area contributed by atoms with Crippen LogP contribution in [0, 0.1) is 6.92 Å². The summed E-state index contributed by atoms with van der Waals surface area (Å²) < 4.78 is 5.55. The van der Waals surface area contributed by atoms with Gasteiger partial charge < -0.3 is 9.64 Å². The van der Waals surface area contributed by atoms with Crippen LogP contribution in [0.25, 0.3) is 0 Å². The van der Waals surface area contributed by atoms with Crippen molar-refractivity contribution in [2.24, 2.45) is 0 Å². The van der Waals surface area contributed by atoms with Crippen molar-refractivity contribution in [3.63, 3.8) is 0 Å². The van der Waals surface area contributed by atoms with E-state index in [0.717, 1.165) is 16.5 Å². The molecule has 1 aromatic carbocycles. The summed E-state index contributed by atoms with van der Waals surface area (Å²) in [5.74, 6) is -0.460. The fraction of sp³-hybridized carbons (Fsp3) is 0.429. The molecule has 0 spiro atoms.